The van der Waals surface area contributed by atoms with Crippen molar-refractivity contribution in [2.45, 2.75) is 19.8 Å². The van der Waals surface area contributed by atoms with Crippen LogP contribution in [-0.4, -0.2) is 33.8 Å². The average molecular weight is 322 g/mol. The summed E-state index contributed by atoms with van der Waals surface area (Å²) in [4.78, 5) is 14.6. The molecule has 0 bridgehead atoms. The minimum absolute atomic E-state index is 0.0264. The second-order valence-corrected chi connectivity index (χ2v) is 6.72. The van der Waals surface area contributed by atoms with Gasteiger partial charge in [-0.1, -0.05) is 30.4 Å². The fourth-order valence-electron chi connectivity index (χ4n) is 3.72. The molecule has 124 valence electrons. The van der Waals surface area contributed by atoms with Crippen molar-refractivity contribution in [3.63, 3.8) is 0 Å². The van der Waals surface area contributed by atoms with E-state index in [1.54, 1.807) is 4.68 Å². The summed E-state index contributed by atoms with van der Waals surface area (Å²) < 4.78 is 1.79. The number of hydrogen-bond donors (Lipinski definition) is 1. The highest BCUT2D eigenvalue weighted by molar-refractivity contribution is 5.89. The number of carbonyl (C=O) groups is 1. The van der Waals surface area contributed by atoms with Gasteiger partial charge in [0.15, 0.2) is 0 Å². The number of aryl methyl sites for hydroxylation is 1. The number of rotatable bonds is 2. The molecule has 2 atom stereocenters. The van der Waals surface area contributed by atoms with E-state index in [2.05, 4.69) is 22.6 Å². The van der Waals surface area contributed by atoms with E-state index in [4.69, 9.17) is 0 Å². The van der Waals surface area contributed by atoms with Crippen molar-refractivity contribution in [3.05, 3.63) is 54.2 Å². The number of anilines is 1. The number of aromatic nitrogens is 2. The molecule has 24 heavy (non-hydrogen) atoms. The normalized spacial score (nSPS) is 22.5. The number of urea groups is 1. The van der Waals surface area contributed by atoms with Crippen LogP contribution in [0.4, 0.5) is 10.6 Å². The van der Waals surface area contributed by atoms with E-state index in [1.807, 2.05) is 48.2 Å². The zero-order valence-electron chi connectivity index (χ0n) is 13.9. The van der Waals surface area contributed by atoms with Gasteiger partial charge in [-0.3, -0.25) is 5.32 Å². The zero-order chi connectivity index (χ0) is 16.5. The van der Waals surface area contributed by atoms with Crippen LogP contribution in [0.25, 0.3) is 5.69 Å². The Morgan fingerprint density at radius 2 is 1.79 bits per heavy atom. The molecule has 0 radical (unpaired) electrons. The number of benzene rings is 1. The first-order valence-corrected chi connectivity index (χ1v) is 8.54. The smallest absolute Gasteiger partial charge is 0.323 e. The van der Waals surface area contributed by atoms with Gasteiger partial charge in [0, 0.05) is 19.2 Å². The Bertz CT molecular complexity index is 749. The highest BCUT2D eigenvalue weighted by Gasteiger charge is 2.35. The summed E-state index contributed by atoms with van der Waals surface area (Å²) in [6, 6.07) is 11.8. The topological polar surface area (TPSA) is 50.2 Å². The van der Waals surface area contributed by atoms with Crippen molar-refractivity contribution in [1.82, 2.24) is 14.7 Å². The van der Waals surface area contributed by atoms with Gasteiger partial charge >= 0.3 is 6.03 Å². The lowest BCUT2D eigenvalue weighted by atomic mass is 9.86. The maximum absolute atomic E-state index is 12.7. The molecule has 1 aromatic carbocycles. The fourth-order valence-corrected chi connectivity index (χ4v) is 3.72. The van der Waals surface area contributed by atoms with Crippen LogP contribution in [0.1, 0.15) is 18.5 Å². The largest absolute Gasteiger partial charge is 0.324 e. The van der Waals surface area contributed by atoms with Crippen LogP contribution in [0.15, 0.2) is 48.6 Å². The van der Waals surface area contributed by atoms with E-state index >= 15 is 0 Å². The molecule has 0 unspecified atom stereocenters. The molecule has 1 N–H and O–H groups in total. The van der Waals surface area contributed by atoms with E-state index in [1.165, 1.54) is 0 Å². The number of hydrogen-bond acceptors (Lipinski definition) is 2. The number of allylic oxidation sites excluding steroid dienone is 2. The second-order valence-electron chi connectivity index (χ2n) is 6.72. The summed E-state index contributed by atoms with van der Waals surface area (Å²) in [7, 11) is 0. The van der Waals surface area contributed by atoms with Crippen LogP contribution in [0.5, 0.6) is 0 Å². The molecule has 2 heterocycles. The van der Waals surface area contributed by atoms with E-state index in [0.29, 0.717) is 11.8 Å². The second kappa shape index (κ2) is 6.15. The van der Waals surface area contributed by atoms with Gasteiger partial charge in [-0.2, -0.15) is 5.10 Å². The highest BCUT2D eigenvalue weighted by Crippen LogP contribution is 2.33. The molecule has 1 saturated heterocycles. The van der Waals surface area contributed by atoms with E-state index < -0.39 is 0 Å². The van der Waals surface area contributed by atoms with E-state index in [0.717, 1.165) is 43.1 Å². The fraction of sp³-hybridized carbons (Fsp3) is 0.368. The Morgan fingerprint density at radius 1 is 1.12 bits per heavy atom. The molecule has 0 saturated carbocycles. The summed E-state index contributed by atoms with van der Waals surface area (Å²) in [6.07, 6.45) is 6.68. The Balaban J connectivity index is 1.51. The summed E-state index contributed by atoms with van der Waals surface area (Å²) in [5.41, 5.74) is 1.83. The van der Waals surface area contributed by atoms with E-state index in [-0.39, 0.29) is 6.03 Å². The molecule has 1 aliphatic carbocycles. The Morgan fingerprint density at radius 3 is 2.46 bits per heavy atom. The van der Waals surface area contributed by atoms with Crippen molar-refractivity contribution in [3.8, 4) is 5.69 Å². The molecular formula is C19H22N4O. The number of para-hydroxylation sites is 1. The van der Waals surface area contributed by atoms with Crippen LogP contribution in [0.3, 0.4) is 0 Å². The van der Waals surface area contributed by atoms with Crippen molar-refractivity contribution in [2.75, 3.05) is 18.4 Å². The molecule has 4 rings (SSSR count). The number of nitrogens with one attached hydrogen (secondary N) is 1. The third-order valence-corrected chi connectivity index (χ3v) is 4.98. The van der Waals surface area contributed by atoms with Gasteiger partial charge in [-0.25, -0.2) is 9.48 Å². The van der Waals surface area contributed by atoms with Crippen LogP contribution in [-0.2, 0) is 0 Å². The molecule has 1 aliphatic heterocycles. The highest BCUT2D eigenvalue weighted by atomic mass is 16.2. The van der Waals surface area contributed by atoms with Gasteiger partial charge in [-0.05, 0) is 43.7 Å². The molecular weight excluding hydrogens is 300 g/mol. The lowest BCUT2D eigenvalue weighted by Crippen LogP contribution is -2.33. The number of fused-ring (bicyclic) bond motifs is 1. The first-order valence-electron chi connectivity index (χ1n) is 8.54. The number of likely N-dealkylation sites (tertiary alicyclic amines) is 1. The molecule has 1 aromatic heterocycles. The third-order valence-electron chi connectivity index (χ3n) is 4.98. The Labute approximate surface area is 142 Å². The van der Waals surface area contributed by atoms with Crippen LogP contribution in [0, 0.1) is 18.8 Å². The average Bonchev–Trinajstić information content (AvgIpc) is 3.19. The summed E-state index contributed by atoms with van der Waals surface area (Å²) in [6.45, 7) is 3.63. The minimum atomic E-state index is -0.0264. The van der Waals surface area contributed by atoms with Crippen LogP contribution < -0.4 is 5.32 Å². The maximum Gasteiger partial charge on any atom is 0.323 e. The molecule has 2 aliphatic rings. The van der Waals surface area contributed by atoms with Crippen LogP contribution in [0.2, 0.25) is 0 Å². The SMILES string of the molecule is Cc1cc(NC(=O)N2C[C@H]3CC=CC[C@H]3C2)n(-c2ccccc2)n1. The van der Waals surface area contributed by atoms with Gasteiger partial charge in [-0.15, -0.1) is 0 Å². The van der Waals surface area contributed by atoms with Crippen molar-refractivity contribution >= 4 is 11.8 Å². The van der Waals surface area contributed by atoms with Gasteiger partial charge in [0.25, 0.3) is 0 Å². The van der Waals surface area contributed by atoms with Crippen molar-refractivity contribution in [1.29, 1.82) is 0 Å². The quantitative estimate of drug-likeness (QED) is 0.859. The monoisotopic (exact) mass is 322 g/mol. The first-order chi connectivity index (χ1) is 11.7. The maximum atomic E-state index is 12.7. The molecule has 2 amide bonds. The molecule has 1 fully saturated rings. The minimum Gasteiger partial charge on any atom is -0.324 e. The molecule has 5 heteroatoms. The molecule has 0 spiro atoms. The van der Waals surface area contributed by atoms with Gasteiger partial charge in [0.05, 0.1) is 11.4 Å². The van der Waals surface area contributed by atoms with Crippen LogP contribution >= 0.6 is 0 Å². The Hall–Kier alpha value is -2.56. The van der Waals surface area contributed by atoms with Gasteiger partial charge < -0.3 is 4.90 Å². The summed E-state index contributed by atoms with van der Waals surface area (Å²) in [5, 5.41) is 7.55. The predicted molar refractivity (Wildman–Crippen MR) is 94.2 cm³/mol. The van der Waals surface area contributed by atoms with Gasteiger partial charge in [0.1, 0.15) is 5.82 Å². The molecule has 5 nitrogen and oxygen atoms in total. The summed E-state index contributed by atoms with van der Waals surface area (Å²) in [5.74, 6) is 1.94. The van der Waals surface area contributed by atoms with E-state index in [9.17, 15) is 4.79 Å². The lowest BCUT2D eigenvalue weighted by Gasteiger charge is -2.17. The summed E-state index contributed by atoms with van der Waals surface area (Å²) >= 11 is 0. The van der Waals surface area contributed by atoms with Crippen molar-refractivity contribution in [2.24, 2.45) is 11.8 Å². The third kappa shape index (κ3) is 2.82. The molecule has 2 aromatic rings. The Kier molecular flexibility index (Phi) is 3.84. The number of carbonyl (C=O) groups excluding carboxylic acids is 1. The number of amides is 2. The first kappa shape index (κ1) is 15.0. The lowest BCUT2D eigenvalue weighted by molar-refractivity contribution is 0.220. The predicted octanol–water partition coefficient (Wildman–Crippen LogP) is 3.61. The zero-order valence-corrected chi connectivity index (χ0v) is 13.9. The number of nitrogens with zero attached hydrogens (tertiary/aromatic N) is 3. The standard InChI is InChI=1S/C19H22N4O/c1-14-11-18(23(21-14)17-9-3-2-4-10-17)20-19(24)22-12-15-7-5-6-8-16(15)13-22/h2-6,9-11,15-16H,7-8,12-13H2,1H3,(H,20,24)/t15-,16+. The van der Waals surface area contributed by atoms with Gasteiger partial charge in [0.2, 0.25) is 0 Å². The van der Waals surface area contributed by atoms with Crippen molar-refractivity contribution < 1.29 is 4.79 Å².